The number of allylic oxidation sites excluding steroid dienone is 6. The predicted octanol–water partition coefficient (Wildman–Crippen LogP) is 13.1. The molecule has 0 bridgehead atoms. The van der Waals surface area contributed by atoms with Crippen LogP contribution in [0.3, 0.4) is 0 Å². The van der Waals surface area contributed by atoms with E-state index in [1.54, 1.807) is 73.0 Å². The Morgan fingerprint density at radius 1 is 0.467 bits per heavy atom. The van der Waals surface area contributed by atoms with Gasteiger partial charge >= 0.3 is 17.8 Å². The number of hydrogen-bond acceptors (Lipinski definition) is 4. The summed E-state index contributed by atoms with van der Waals surface area (Å²) in [5.74, 6) is -15.8. The van der Waals surface area contributed by atoms with Gasteiger partial charge in [-0.25, -0.2) is 0 Å². The molecular weight excluding hydrogens is 663 g/mol. The highest BCUT2D eigenvalue weighted by atomic mass is 32.1. The number of halogens is 6. The number of thiophene rings is 4. The zero-order valence-electron chi connectivity index (χ0n) is 25.3. The van der Waals surface area contributed by atoms with Gasteiger partial charge < -0.3 is 0 Å². The summed E-state index contributed by atoms with van der Waals surface area (Å²) in [5.41, 5.74) is -0.886. The summed E-state index contributed by atoms with van der Waals surface area (Å²) in [6.45, 7) is 10.4. The van der Waals surface area contributed by atoms with Gasteiger partial charge in [-0.15, -0.1) is 45.3 Å². The maximum Gasteiger partial charge on any atom is 0.380 e. The highest BCUT2D eigenvalue weighted by Gasteiger charge is 2.80. The van der Waals surface area contributed by atoms with Crippen molar-refractivity contribution in [1.29, 1.82) is 0 Å². The van der Waals surface area contributed by atoms with E-state index in [9.17, 15) is 0 Å². The number of alkyl halides is 6. The first kappa shape index (κ1) is 33.4. The number of rotatable bonds is 8. The summed E-state index contributed by atoms with van der Waals surface area (Å²) in [7, 11) is 0. The third-order valence-electron chi connectivity index (χ3n) is 7.85. The van der Waals surface area contributed by atoms with Crippen molar-refractivity contribution in [2.75, 3.05) is 0 Å². The van der Waals surface area contributed by atoms with Crippen molar-refractivity contribution < 1.29 is 26.3 Å². The second kappa shape index (κ2) is 12.4. The van der Waals surface area contributed by atoms with Crippen LogP contribution in [0, 0.1) is 41.5 Å². The molecule has 1 aliphatic carbocycles. The first-order chi connectivity index (χ1) is 21.1. The van der Waals surface area contributed by atoms with Crippen molar-refractivity contribution in [3.05, 3.63) is 110 Å². The zero-order valence-corrected chi connectivity index (χ0v) is 28.6. The first-order valence-electron chi connectivity index (χ1n) is 14.0. The molecule has 236 valence electrons. The average Bonchev–Trinajstić information content (AvgIpc) is 3.74. The predicted molar refractivity (Wildman–Crippen MR) is 183 cm³/mol. The second-order valence-electron chi connectivity index (χ2n) is 10.9. The van der Waals surface area contributed by atoms with Gasteiger partial charge in [-0.2, -0.15) is 26.3 Å². The molecule has 0 unspecified atom stereocenters. The van der Waals surface area contributed by atoms with Crippen LogP contribution in [0.4, 0.5) is 26.3 Å². The number of aryl methyl sites for hydroxylation is 2. The Balaban J connectivity index is 1.59. The highest BCUT2D eigenvalue weighted by Crippen LogP contribution is 2.66. The van der Waals surface area contributed by atoms with Crippen molar-refractivity contribution in [2.45, 2.75) is 59.3 Å². The van der Waals surface area contributed by atoms with Crippen LogP contribution in [0.25, 0.3) is 35.5 Å². The Morgan fingerprint density at radius 3 is 1.16 bits per heavy atom. The fourth-order valence-electron chi connectivity index (χ4n) is 5.04. The largest absolute Gasteiger partial charge is 0.380 e. The maximum absolute atomic E-state index is 15.6. The van der Waals surface area contributed by atoms with Crippen molar-refractivity contribution >= 4 is 80.8 Å². The Hall–Kier alpha value is -2.92. The molecule has 0 aliphatic heterocycles. The molecule has 45 heavy (non-hydrogen) atoms. The molecule has 0 atom stereocenters. The van der Waals surface area contributed by atoms with E-state index < -0.39 is 28.9 Å². The minimum absolute atomic E-state index is 0.251. The fraction of sp³-hybridized carbons (Fsp3) is 0.257. The van der Waals surface area contributed by atoms with Gasteiger partial charge in [0.15, 0.2) is 0 Å². The van der Waals surface area contributed by atoms with Gasteiger partial charge in [0, 0.05) is 39.0 Å². The van der Waals surface area contributed by atoms with Crippen LogP contribution >= 0.6 is 45.3 Å². The van der Waals surface area contributed by atoms with Gasteiger partial charge in [-0.3, -0.25) is 0 Å². The van der Waals surface area contributed by atoms with Gasteiger partial charge in [-0.1, -0.05) is 24.3 Å². The molecular formula is C35H30F6S4. The third-order valence-corrected chi connectivity index (χ3v) is 12.5. The monoisotopic (exact) mass is 692 g/mol. The van der Waals surface area contributed by atoms with Crippen molar-refractivity contribution in [3.63, 3.8) is 0 Å². The molecule has 4 heterocycles. The Morgan fingerprint density at radius 2 is 0.822 bits per heavy atom. The molecule has 0 saturated carbocycles. The van der Waals surface area contributed by atoms with E-state index in [4.69, 9.17) is 0 Å². The van der Waals surface area contributed by atoms with E-state index >= 15 is 26.3 Å². The van der Waals surface area contributed by atoms with E-state index in [1.807, 2.05) is 50.3 Å². The Bertz CT molecular complexity index is 1760. The maximum atomic E-state index is 15.6. The molecule has 4 aromatic heterocycles. The molecule has 0 radical (unpaired) electrons. The SMILES string of the molecule is Cc1ccc(C=CC=Cc2sc(C3=C(c4sc(C=CC=Cc5ccc(C)s5)c(C)c4C)C(F)(F)C(F)(F)C3(F)F)c(C)c2C)s1. The fourth-order valence-corrected chi connectivity index (χ4v) is 9.24. The van der Waals surface area contributed by atoms with Crippen molar-refractivity contribution in [1.82, 2.24) is 0 Å². The average molecular weight is 693 g/mol. The van der Waals surface area contributed by atoms with Crippen LogP contribution in [0.2, 0.25) is 0 Å². The van der Waals surface area contributed by atoms with Crippen LogP contribution < -0.4 is 0 Å². The lowest BCUT2D eigenvalue weighted by Crippen LogP contribution is -2.48. The molecule has 1 aliphatic rings. The van der Waals surface area contributed by atoms with E-state index in [0.29, 0.717) is 20.9 Å². The van der Waals surface area contributed by atoms with Gasteiger partial charge in [-0.05, 0) is 112 Å². The molecule has 0 spiro atoms. The lowest BCUT2D eigenvalue weighted by Gasteiger charge is -2.25. The lowest BCUT2D eigenvalue weighted by atomic mass is 9.98. The number of hydrogen-bond donors (Lipinski definition) is 0. The summed E-state index contributed by atoms with van der Waals surface area (Å²) in [4.78, 5) is 4.94. The minimum atomic E-state index is -5.60. The molecule has 0 aromatic carbocycles. The van der Waals surface area contributed by atoms with Crippen LogP contribution in [0.5, 0.6) is 0 Å². The minimum Gasteiger partial charge on any atom is -0.194 e. The van der Waals surface area contributed by atoms with E-state index in [1.165, 1.54) is 13.8 Å². The second-order valence-corrected chi connectivity index (χ2v) is 15.6. The lowest BCUT2D eigenvalue weighted by molar-refractivity contribution is -0.254. The van der Waals surface area contributed by atoms with Crippen LogP contribution in [0.1, 0.15) is 61.3 Å². The van der Waals surface area contributed by atoms with Gasteiger partial charge in [0.2, 0.25) is 0 Å². The van der Waals surface area contributed by atoms with Gasteiger partial charge in [0.25, 0.3) is 0 Å². The van der Waals surface area contributed by atoms with Gasteiger partial charge in [0.1, 0.15) is 0 Å². The topological polar surface area (TPSA) is 0 Å². The molecule has 4 aromatic rings. The van der Waals surface area contributed by atoms with Crippen LogP contribution in [-0.4, -0.2) is 17.8 Å². The van der Waals surface area contributed by atoms with Crippen molar-refractivity contribution in [2.24, 2.45) is 0 Å². The van der Waals surface area contributed by atoms with Crippen molar-refractivity contribution in [3.8, 4) is 0 Å². The standard InChI is InChI=1S/C35H30F6S4/c1-19-15-17-25(42-19)11-7-9-13-27-21(3)23(5)31(44-27)29-30(34(38,39)35(40,41)33(29,36)37)32-24(6)22(4)28(45-32)14-10-8-12-26-18-16-20(2)43-26/h7-18H,1-6H3. The first-order valence-corrected chi connectivity index (χ1v) is 17.3. The Kier molecular flexibility index (Phi) is 9.18. The summed E-state index contributed by atoms with van der Waals surface area (Å²) < 4.78 is 92.8. The molecule has 0 N–H and O–H groups in total. The summed E-state index contributed by atoms with van der Waals surface area (Å²) in [6, 6.07) is 7.92. The van der Waals surface area contributed by atoms with Crippen LogP contribution in [0.15, 0.2) is 48.6 Å². The van der Waals surface area contributed by atoms with Crippen LogP contribution in [-0.2, 0) is 0 Å². The molecule has 0 amide bonds. The third kappa shape index (κ3) is 5.90. The van der Waals surface area contributed by atoms with E-state index in [0.717, 1.165) is 42.2 Å². The molecule has 5 rings (SSSR count). The van der Waals surface area contributed by atoms with Gasteiger partial charge in [0.05, 0.1) is 11.1 Å². The normalized spacial score (nSPS) is 17.9. The Labute approximate surface area is 275 Å². The molecule has 0 saturated heterocycles. The zero-order chi connectivity index (χ0) is 32.9. The quantitative estimate of drug-likeness (QED) is 0.127. The molecule has 10 heteroatoms. The van der Waals surface area contributed by atoms with E-state index in [2.05, 4.69) is 0 Å². The summed E-state index contributed by atoms with van der Waals surface area (Å²) >= 11 is 4.88. The summed E-state index contributed by atoms with van der Waals surface area (Å²) in [6.07, 6.45) is 14.2. The smallest absolute Gasteiger partial charge is 0.194 e. The summed E-state index contributed by atoms with van der Waals surface area (Å²) in [5, 5.41) is 0. The van der Waals surface area contributed by atoms with E-state index in [-0.39, 0.29) is 20.9 Å². The molecule has 0 fully saturated rings. The molecule has 0 nitrogen and oxygen atoms in total. The highest BCUT2D eigenvalue weighted by molar-refractivity contribution is 7.15.